The summed E-state index contributed by atoms with van der Waals surface area (Å²) in [6, 6.07) is 7.31. The average Bonchev–Trinajstić information content (AvgIpc) is 2.71. The van der Waals surface area contributed by atoms with E-state index in [2.05, 4.69) is 22.4 Å². The van der Waals surface area contributed by atoms with Crippen molar-refractivity contribution in [1.82, 2.24) is 20.1 Å². The fourth-order valence-electron chi connectivity index (χ4n) is 1.72. The number of hydrogen-bond donors (Lipinski definition) is 3. The summed E-state index contributed by atoms with van der Waals surface area (Å²) < 4.78 is 1.06. The van der Waals surface area contributed by atoms with Gasteiger partial charge in [0.15, 0.2) is 0 Å². The van der Waals surface area contributed by atoms with E-state index < -0.39 is 11.4 Å². The van der Waals surface area contributed by atoms with Crippen LogP contribution in [0, 0.1) is 0 Å². The van der Waals surface area contributed by atoms with Crippen LogP contribution in [0.15, 0.2) is 33.9 Å². The first-order valence-corrected chi connectivity index (χ1v) is 5.92. The summed E-state index contributed by atoms with van der Waals surface area (Å²) in [7, 11) is 0. The molecule has 2 rings (SSSR count). The van der Waals surface area contributed by atoms with E-state index in [4.69, 9.17) is 0 Å². The quantitative estimate of drug-likeness (QED) is 0.668. The molecule has 0 saturated carbocycles. The van der Waals surface area contributed by atoms with Crippen LogP contribution >= 0.6 is 0 Å². The molecule has 0 radical (unpaired) electrons. The van der Waals surface area contributed by atoms with E-state index in [-0.39, 0.29) is 0 Å². The number of H-pyrrole nitrogens is 2. The normalized spacial score (nSPS) is 10.7. The van der Waals surface area contributed by atoms with Crippen LogP contribution in [0.5, 0.6) is 0 Å². The van der Waals surface area contributed by atoms with Gasteiger partial charge in [-0.25, -0.2) is 24.4 Å². The Morgan fingerprint density at radius 1 is 1.11 bits per heavy atom. The third-order valence-corrected chi connectivity index (χ3v) is 2.63. The third kappa shape index (κ3) is 2.60. The van der Waals surface area contributed by atoms with E-state index in [9.17, 15) is 9.59 Å². The molecule has 0 saturated heterocycles. The fourth-order valence-corrected chi connectivity index (χ4v) is 1.72. The Kier molecular flexibility index (Phi) is 3.78. The first-order valence-electron chi connectivity index (χ1n) is 5.92. The highest BCUT2D eigenvalue weighted by Gasteiger charge is 2.05. The van der Waals surface area contributed by atoms with Gasteiger partial charge < -0.3 is 5.32 Å². The van der Waals surface area contributed by atoms with E-state index in [0.717, 1.165) is 29.6 Å². The van der Waals surface area contributed by atoms with Gasteiger partial charge in [0.2, 0.25) is 0 Å². The minimum absolute atomic E-state index is 0.461. The summed E-state index contributed by atoms with van der Waals surface area (Å²) in [4.78, 5) is 22.8. The molecule has 0 unspecified atom stereocenters. The van der Waals surface area contributed by atoms with Crippen LogP contribution < -0.4 is 16.7 Å². The number of benzene rings is 1. The van der Waals surface area contributed by atoms with Crippen LogP contribution in [0.1, 0.15) is 18.9 Å². The van der Waals surface area contributed by atoms with Crippen molar-refractivity contribution in [3.8, 4) is 5.69 Å². The molecule has 6 nitrogen and oxygen atoms in total. The molecule has 0 bridgehead atoms. The second-order valence-corrected chi connectivity index (χ2v) is 4.04. The smallest absolute Gasteiger partial charge is 0.313 e. The Labute approximate surface area is 104 Å². The van der Waals surface area contributed by atoms with Crippen molar-refractivity contribution in [2.24, 2.45) is 0 Å². The zero-order chi connectivity index (χ0) is 13.0. The van der Waals surface area contributed by atoms with Gasteiger partial charge in [0.25, 0.3) is 0 Å². The average molecular weight is 248 g/mol. The number of aromatic nitrogens is 3. The number of hydrogen-bond acceptors (Lipinski definition) is 3. The van der Waals surface area contributed by atoms with E-state index in [0.29, 0.717) is 5.69 Å². The Balaban J connectivity index is 2.18. The zero-order valence-corrected chi connectivity index (χ0v) is 10.2. The van der Waals surface area contributed by atoms with Crippen LogP contribution in [-0.4, -0.2) is 21.3 Å². The molecule has 0 spiro atoms. The van der Waals surface area contributed by atoms with Crippen molar-refractivity contribution in [2.45, 2.75) is 19.9 Å². The molecule has 0 aliphatic rings. The van der Waals surface area contributed by atoms with E-state index in [1.165, 1.54) is 0 Å². The summed E-state index contributed by atoms with van der Waals surface area (Å²) in [6.07, 6.45) is 1.09. The van der Waals surface area contributed by atoms with E-state index in [1.807, 2.05) is 12.1 Å². The number of nitrogens with zero attached hydrogens (tertiary/aromatic N) is 1. The molecule has 0 aliphatic carbocycles. The molecule has 0 fully saturated rings. The van der Waals surface area contributed by atoms with E-state index >= 15 is 0 Å². The summed E-state index contributed by atoms with van der Waals surface area (Å²) >= 11 is 0. The SMILES string of the molecule is CCCNCc1ccc(-n2c(=O)[nH][nH]c2=O)cc1. The van der Waals surface area contributed by atoms with Crippen molar-refractivity contribution < 1.29 is 0 Å². The highest BCUT2D eigenvalue weighted by atomic mass is 16.2. The minimum atomic E-state index is -0.461. The lowest BCUT2D eigenvalue weighted by Gasteiger charge is -2.04. The largest absolute Gasteiger partial charge is 0.348 e. The molecule has 18 heavy (non-hydrogen) atoms. The molecule has 0 amide bonds. The van der Waals surface area contributed by atoms with Gasteiger partial charge in [-0.05, 0) is 30.7 Å². The second kappa shape index (κ2) is 5.50. The number of aromatic amines is 2. The molecule has 1 aromatic heterocycles. The highest BCUT2D eigenvalue weighted by Crippen LogP contribution is 2.05. The molecular formula is C12H16N4O2. The van der Waals surface area contributed by atoms with Crippen molar-refractivity contribution in [2.75, 3.05) is 6.54 Å². The highest BCUT2D eigenvalue weighted by molar-refractivity contribution is 5.34. The molecule has 1 heterocycles. The molecular weight excluding hydrogens is 232 g/mol. The Bertz CT molecular complexity index is 578. The van der Waals surface area contributed by atoms with Gasteiger partial charge in [-0.2, -0.15) is 0 Å². The fraction of sp³-hybridized carbons (Fsp3) is 0.333. The minimum Gasteiger partial charge on any atom is -0.313 e. The molecule has 3 N–H and O–H groups in total. The summed E-state index contributed by atoms with van der Waals surface area (Å²) in [6.45, 7) is 3.87. The second-order valence-electron chi connectivity index (χ2n) is 4.04. The molecule has 96 valence electrons. The van der Waals surface area contributed by atoms with Gasteiger partial charge in [-0.15, -0.1) is 0 Å². The van der Waals surface area contributed by atoms with Gasteiger partial charge in [0.05, 0.1) is 5.69 Å². The maximum absolute atomic E-state index is 11.4. The first kappa shape index (κ1) is 12.4. The molecule has 0 atom stereocenters. The maximum Gasteiger partial charge on any atom is 0.348 e. The maximum atomic E-state index is 11.4. The van der Waals surface area contributed by atoms with Gasteiger partial charge in [0, 0.05) is 6.54 Å². The van der Waals surface area contributed by atoms with Crippen molar-refractivity contribution >= 4 is 0 Å². The van der Waals surface area contributed by atoms with Gasteiger partial charge in [-0.1, -0.05) is 19.1 Å². The Morgan fingerprint density at radius 2 is 1.72 bits per heavy atom. The molecule has 1 aromatic carbocycles. The van der Waals surface area contributed by atoms with Crippen LogP contribution in [-0.2, 0) is 6.54 Å². The molecule has 2 aromatic rings. The van der Waals surface area contributed by atoms with Crippen molar-refractivity contribution in [3.63, 3.8) is 0 Å². The van der Waals surface area contributed by atoms with Crippen LogP contribution in [0.2, 0.25) is 0 Å². The summed E-state index contributed by atoms with van der Waals surface area (Å²) in [5.41, 5.74) is 0.752. The number of nitrogens with one attached hydrogen (secondary N) is 3. The van der Waals surface area contributed by atoms with Crippen molar-refractivity contribution in [1.29, 1.82) is 0 Å². The predicted molar refractivity (Wildman–Crippen MR) is 69.0 cm³/mol. The Morgan fingerprint density at radius 3 is 2.28 bits per heavy atom. The number of rotatable bonds is 5. The predicted octanol–water partition coefficient (Wildman–Crippen LogP) is 0.354. The summed E-state index contributed by atoms with van der Waals surface area (Å²) in [5, 5.41) is 7.78. The van der Waals surface area contributed by atoms with Gasteiger partial charge >= 0.3 is 11.4 Å². The zero-order valence-electron chi connectivity index (χ0n) is 10.2. The topological polar surface area (TPSA) is 82.7 Å². The lowest BCUT2D eigenvalue weighted by Crippen LogP contribution is -2.24. The third-order valence-electron chi connectivity index (χ3n) is 2.63. The van der Waals surface area contributed by atoms with Crippen LogP contribution in [0.3, 0.4) is 0 Å². The van der Waals surface area contributed by atoms with Gasteiger partial charge in [-0.3, -0.25) is 0 Å². The molecule has 0 aliphatic heterocycles. The lowest BCUT2D eigenvalue weighted by atomic mass is 10.2. The lowest BCUT2D eigenvalue weighted by molar-refractivity contribution is 0.675. The van der Waals surface area contributed by atoms with Gasteiger partial charge in [0.1, 0.15) is 0 Å². The Hall–Kier alpha value is -2.08. The van der Waals surface area contributed by atoms with Crippen molar-refractivity contribution in [3.05, 3.63) is 50.8 Å². The standard InChI is InChI=1S/C12H16N4O2/c1-2-7-13-8-9-3-5-10(6-4-9)16-11(17)14-15-12(16)18/h3-6,13H,2,7-8H2,1H3,(H,14,17)(H,15,18). The van der Waals surface area contributed by atoms with E-state index in [1.54, 1.807) is 12.1 Å². The monoisotopic (exact) mass is 248 g/mol. The first-order chi connectivity index (χ1) is 8.72. The molecule has 6 heteroatoms. The summed E-state index contributed by atoms with van der Waals surface area (Å²) in [5.74, 6) is 0. The van der Waals surface area contributed by atoms with Crippen LogP contribution in [0.25, 0.3) is 5.69 Å². The van der Waals surface area contributed by atoms with Crippen LogP contribution in [0.4, 0.5) is 0 Å².